The zero-order valence-electron chi connectivity index (χ0n) is 9.18. The molecule has 84 valence electrons. The molecule has 0 saturated heterocycles. The number of rotatable bonds is 3. The van der Waals surface area contributed by atoms with Gasteiger partial charge in [-0.25, -0.2) is 0 Å². The maximum atomic E-state index is 5.76. The molecule has 0 unspecified atom stereocenters. The van der Waals surface area contributed by atoms with E-state index in [2.05, 4.69) is 27.3 Å². The van der Waals surface area contributed by atoms with Crippen molar-refractivity contribution in [3.8, 4) is 0 Å². The highest BCUT2D eigenvalue weighted by atomic mass is 79.9. The highest BCUT2D eigenvalue weighted by Gasteiger charge is 2.35. The maximum absolute atomic E-state index is 5.76. The van der Waals surface area contributed by atoms with Crippen molar-refractivity contribution in [2.24, 2.45) is 0 Å². The predicted molar refractivity (Wildman–Crippen MR) is 65.1 cm³/mol. The number of hydrogen-bond acceptors (Lipinski definition) is 2. The summed E-state index contributed by atoms with van der Waals surface area (Å²) < 4.78 is 6.60. The molecule has 15 heavy (non-hydrogen) atoms. The number of hydrogen-bond donors (Lipinski definition) is 1. The summed E-state index contributed by atoms with van der Waals surface area (Å²) in [5.41, 5.74) is 0.235. The zero-order valence-corrected chi connectivity index (χ0v) is 10.8. The highest BCUT2D eigenvalue weighted by Crippen LogP contribution is 2.40. The van der Waals surface area contributed by atoms with Gasteiger partial charge in [0, 0.05) is 12.0 Å². The Morgan fingerprint density at radius 2 is 2.07 bits per heavy atom. The van der Waals surface area contributed by atoms with Crippen molar-refractivity contribution >= 4 is 15.9 Å². The molecule has 0 radical (unpaired) electrons. The second-order valence-corrected chi connectivity index (χ2v) is 5.26. The van der Waals surface area contributed by atoms with Gasteiger partial charge in [-0.3, -0.25) is 0 Å². The average molecular weight is 272 g/mol. The summed E-state index contributed by atoms with van der Waals surface area (Å²) in [6, 6.07) is 4.12. The number of likely N-dealkylation sites (N-methyl/N-ethyl adjacent to an activating group) is 1. The molecule has 1 heterocycles. The molecular formula is C12H18BrNO. The smallest absolute Gasteiger partial charge is 0.169 e. The SMILES string of the molecule is CNCC1(c2ccc(Br)o2)CCCCC1. The molecule has 1 aliphatic rings. The van der Waals surface area contributed by atoms with Gasteiger partial charge in [-0.1, -0.05) is 19.3 Å². The summed E-state index contributed by atoms with van der Waals surface area (Å²) in [5, 5.41) is 3.31. The minimum atomic E-state index is 0.235. The fraction of sp³-hybridized carbons (Fsp3) is 0.667. The van der Waals surface area contributed by atoms with E-state index in [4.69, 9.17) is 4.42 Å². The van der Waals surface area contributed by atoms with Gasteiger partial charge in [0.05, 0.1) is 0 Å². The van der Waals surface area contributed by atoms with Crippen molar-refractivity contribution < 1.29 is 4.42 Å². The van der Waals surface area contributed by atoms with Crippen LogP contribution >= 0.6 is 15.9 Å². The second-order valence-electron chi connectivity index (χ2n) is 4.48. The van der Waals surface area contributed by atoms with Crippen molar-refractivity contribution in [2.45, 2.75) is 37.5 Å². The molecular weight excluding hydrogens is 254 g/mol. The van der Waals surface area contributed by atoms with Gasteiger partial charge in [0.25, 0.3) is 0 Å². The van der Waals surface area contributed by atoms with Crippen LogP contribution in [0.2, 0.25) is 0 Å². The minimum Gasteiger partial charge on any atom is -0.454 e. The number of halogens is 1. The van der Waals surface area contributed by atoms with E-state index in [0.29, 0.717) is 0 Å². The Bertz CT molecular complexity index is 310. The summed E-state index contributed by atoms with van der Waals surface area (Å²) in [6.45, 7) is 1.02. The molecule has 0 spiro atoms. The van der Waals surface area contributed by atoms with E-state index in [1.165, 1.54) is 32.1 Å². The Labute approximate surface area is 99.6 Å². The van der Waals surface area contributed by atoms with Crippen molar-refractivity contribution in [3.63, 3.8) is 0 Å². The van der Waals surface area contributed by atoms with Gasteiger partial charge in [0.15, 0.2) is 4.67 Å². The summed E-state index contributed by atoms with van der Waals surface area (Å²) >= 11 is 3.39. The van der Waals surface area contributed by atoms with Crippen LogP contribution in [0, 0.1) is 0 Å². The number of nitrogens with one attached hydrogen (secondary N) is 1. The molecule has 0 bridgehead atoms. The third-order valence-electron chi connectivity index (χ3n) is 3.42. The van der Waals surface area contributed by atoms with Gasteiger partial charge in [0.2, 0.25) is 0 Å². The standard InChI is InChI=1S/C12H18BrNO/c1-14-9-12(7-3-2-4-8-12)10-5-6-11(13)15-10/h5-6,14H,2-4,7-9H2,1H3. The zero-order chi connectivity index (χ0) is 10.7. The van der Waals surface area contributed by atoms with E-state index >= 15 is 0 Å². The first kappa shape index (κ1) is 11.2. The summed E-state index contributed by atoms with van der Waals surface area (Å²) in [7, 11) is 2.02. The van der Waals surface area contributed by atoms with Crippen LogP contribution in [0.15, 0.2) is 21.2 Å². The van der Waals surface area contributed by atoms with E-state index in [1.807, 2.05) is 13.1 Å². The van der Waals surface area contributed by atoms with Crippen molar-refractivity contribution in [1.82, 2.24) is 5.32 Å². The van der Waals surface area contributed by atoms with Crippen LogP contribution in [0.25, 0.3) is 0 Å². The fourth-order valence-corrected chi connectivity index (χ4v) is 2.98. The maximum Gasteiger partial charge on any atom is 0.169 e. The van der Waals surface area contributed by atoms with Gasteiger partial charge in [0.1, 0.15) is 5.76 Å². The lowest BCUT2D eigenvalue weighted by Crippen LogP contribution is -2.38. The van der Waals surface area contributed by atoms with E-state index < -0.39 is 0 Å². The van der Waals surface area contributed by atoms with Crippen molar-refractivity contribution in [3.05, 3.63) is 22.6 Å². The Morgan fingerprint density at radius 1 is 1.33 bits per heavy atom. The average Bonchev–Trinajstić information content (AvgIpc) is 2.67. The fourth-order valence-electron chi connectivity index (χ4n) is 2.68. The lowest BCUT2D eigenvalue weighted by molar-refractivity contribution is 0.237. The molecule has 1 saturated carbocycles. The monoisotopic (exact) mass is 271 g/mol. The summed E-state index contributed by atoms with van der Waals surface area (Å²) in [6.07, 6.45) is 6.49. The first-order valence-electron chi connectivity index (χ1n) is 5.67. The van der Waals surface area contributed by atoms with Gasteiger partial charge in [-0.15, -0.1) is 0 Å². The van der Waals surface area contributed by atoms with Gasteiger partial charge in [-0.2, -0.15) is 0 Å². The molecule has 1 aromatic rings. The van der Waals surface area contributed by atoms with Gasteiger partial charge >= 0.3 is 0 Å². The van der Waals surface area contributed by atoms with Crippen LogP contribution in [0.5, 0.6) is 0 Å². The molecule has 2 nitrogen and oxygen atoms in total. The topological polar surface area (TPSA) is 25.2 Å². The van der Waals surface area contributed by atoms with E-state index in [0.717, 1.165) is 17.0 Å². The molecule has 1 aliphatic carbocycles. The van der Waals surface area contributed by atoms with Crippen molar-refractivity contribution in [1.29, 1.82) is 0 Å². The Balaban J connectivity index is 2.24. The molecule has 1 aromatic heterocycles. The summed E-state index contributed by atoms with van der Waals surface area (Å²) in [4.78, 5) is 0. The van der Waals surface area contributed by atoms with Crippen LogP contribution in [-0.2, 0) is 5.41 Å². The van der Waals surface area contributed by atoms with E-state index in [9.17, 15) is 0 Å². The molecule has 0 atom stereocenters. The van der Waals surface area contributed by atoms with Crippen LogP contribution in [0.1, 0.15) is 37.9 Å². The first-order chi connectivity index (χ1) is 7.27. The molecule has 0 amide bonds. The third-order valence-corrected chi connectivity index (χ3v) is 3.85. The van der Waals surface area contributed by atoms with Crippen LogP contribution in [-0.4, -0.2) is 13.6 Å². The third kappa shape index (κ3) is 2.28. The van der Waals surface area contributed by atoms with Gasteiger partial charge < -0.3 is 9.73 Å². The summed E-state index contributed by atoms with van der Waals surface area (Å²) in [5.74, 6) is 1.14. The lowest BCUT2D eigenvalue weighted by atomic mass is 9.72. The second kappa shape index (κ2) is 4.71. The van der Waals surface area contributed by atoms with Crippen LogP contribution in [0.4, 0.5) is 0 Å². The molecule has 2 rings (SSSR count). The van der Waals surface area contributed by atoms with Crippen molar-refractivity contribution in [2.75, 3.05) is 13.6 Å². The predicted octanol–water partition coefficient (Wildman–Crippen LogP) is 3.46. The first-order valence-corrected chi connectivity index (χ1v) is 6.47. The largest absolute Gasteiger partial charge is 0.454 e. The Hall–Kier alpha value is -0.280. The Morgan fingerprint density at radius 3 is 2.60 bits per heavy atom. The molecule has 1 fully saturated rings. The van der Waals surface area contributed by atoms with Gasteiger partial charge in [-0.05, 0) is 48.0 Å². The molecule has 0 aliphatic heterocycles. The van der Waals surface area contributed by atoms with E-state index in [-0.39, 0.29) is 5.41 Å². The highest BCUT2D eigenvalue weighted by molar-refractivity contribution is 9.10. The van der Waals surface area contributed by atoms with Crippen LogP contribution < -0.4 is 5.32 Å². The lowest BCUT2D eigenvalue weighted by Gasteiger charge is -2.35. The number of furan rings is 1. The van der Waals surface area contributed by atoms with Crippen LogP contribution in [0.3, 0.4) is 0 Å². The molecule has 3 heteroatoms. The normalized spacial score (nSPS) is 20.4. The molecule has 1 N–H and O–H groups in total. The Kier molecular flexibility index (Phi) is 3.52. The minimum absolute atomic E-state index is 0.235. The quantitative estimate of drug-likeness (QED) is 0.911. The van der Waals surface area contributed by atoms with E-state index in [1.54, 1.807) is 0 Å². The molecule has 0 aromatic carbocycles.